The van der Waals surface area contributed by atoms with Crippen molar-refractivity contribution in [2.45, 2.75) is 50.3 Å². The van der Waals surface area contributed by atoms with Crippen LogP contribution in [-0.2, 0) is 10.9 Å². The van der Waals surface area contributed by atoms with E-state index >= 15 is 0 Å². The minimum atomic E-state index is -4.58. The van der Waals surface area contributed by atoms with E-state index in [2.05, 4.69) is 15.3 Å². The Kier molecular flexibility index (Phi) is 5.20. The van der Waals surface area contributed by atoms with Crippen molar-refractivity contribution in [3.05, 3.63) is 18.0 Å². The predicted octanol–water partition coefficient (Wildman–Crippen LogP) is 1.20. The molecule has 1 saturated heterocycles. The second-order valence-corrected chi connectivity index (χ2v) is 5.16. The van der Waals surface area contributed by atoms with Crippen molar-refractivity contribution < 1.29 is 28.1 Å². The van der Waals surface area contributed by atoms with Crippen molar-refractivity contribution in [1.82, 2.24) is 9.97 Å². The Hall–Kier alpha value is -1.45. The molecule has 6 nitrogen and oxygen atoms in total. The van der Waals surface area contributed by atoms with E-state index in [-0.39, 0.29) is 12.6 Å². The maximum atomic E-state index is 12.6. The molecule has 0 spiro atoms. The van der Waals surface area contributed by atoms with Gasteiger partial charge in [-0.05, 0) is 12.5 Å². The van der Waals surface area contributed by atoms with Crippen LogP contribution in [-0.4, -0.2) is 51.1 Å². The van der Waals surface area contributed by atoms with E-state index in [1.165, 1.54) is 0 Å². The zero-order valence-electron chi connectivity index (χ0n) is 11.9. The number of halogens is 3. The summed E-state index contributed by atoms with van der Waals surface area (Å²) < 4.78 is 43.2. The first-order valence-corrected chi connectivity index (χ1v) is 6.97. The highest BCUT2D eigenvalue weighted by Crippen LogP contribution is 2.28. The minimum Gasteiger partial charge on any atom is -0.388 e. The van der Waals surface area contributed by atoms with Gasteiger partial charge in [0.1, 0.15) is 17.9 Å². The monoisotopic (exact) mass is 321 g/mol. The molecule has 9 heteroatoms. The highest BCUT2D eigenvalue weighted by molar-refractivity contribution is 5.28. The van der Waals surface area contributed by atoms with E-state index < -0.39 is 36.2 Å². The van der Waals surface area contributed by atoms with Gasteiger partial charge >= 0.3 is 6.18 Å². The molecule has 1 aliphatic heterocycles. The van der Waals surface area contributed by atoms with Crippen LogP contribution in [0.4, 0.5) is 19.1 Å². The van der Waals surface area contributed by atoms with Crippen LogP contribution in [0, 0.1) is 0 Å². The van der Waals surface area contributed by atoms with Crippen LogP contribution in [0.15, 0.2) is 12.3 Å². The van der Waals surface area contributed by atoms with Gasteiger partial charge in [-0.15, -0.1) is 0 Å². The Bertz CT molecular complexity index is 501. The summed E-state index contributed by atoms with van der Waals surface area (Å²) in [4.78, 5) is 7.05. The van der Waals surface area contributed by atoms with E-state index in [9.17, 15) is 23.4 Å². The third kappa shape index (κ3) is 3.84. The molecule has 1 unspecified atom stereocenters. The van der Waals surface area contributed by atoms with Crippen LogP contribution in [0.2, 0.25) is 0 Å². The molecular weight excluding hydrogens is 303 g/mol. The van der Waals surface area contributed by atoms with Crippen molar-refractivity contribution in [2.24, 2.45) is 0 Å². The first-order valence-electron chi connectivity index (χ1n) is 6.97. The summed E-state index contributed by atoms with van der Waals surface area (Å²) in [5, 5.41) is 22.6. The standard InChI is InChI=1S/C13H18F3N3O3/c1-2-3-8-11(21)10(20)7(6-22-8)18-12-17-5-4-9(19-12)13(14,15)16/h4-5,7-8,10-11,20-21H,2-3,6H2,1H3,(H,17,18,19)/t7-,8?,10+,11-/m0/s1. The summed E-state index contributed by atoms with van der Waals surface area (Å²) in [5.41, 5.74) is -1.08. The number of aromatic nitrogens is 2. The summed E-state index contributed by atoms with van der Waals surface area (Å²) in [7, 11) is 0. The number of aliphatic hydroxyl groups is 2. The molecule has 1 aromatic rings. The van der Waals surface area contributed by atoms with E-state index in [4.69, 9.17) is 4.74 Å². The van der Waals surface area contributed by atoms with Crippen molar-refractivity contribution in [2.75, 3.05) is 11.9 Å². The van der Waals surface area contributed by atoms with Crippen molar-refractivity contribution in [1.29, 1.82) is 0 Å². The molecule has 1 aromatic heterocycles. The third-order valence-electron chi connectivity index (χ3n) is 3.47. The molecule has 0 saturated carbocycles. The molecule has 1 fully saturated rings. The van der Waals surface area contributed by atoms with Gasteiger partial charge in [-0.2, -0.15) is 13.2 Å². The molecular formula is C13H18F3N3O3. The largest absolute Gasteiger partial charge is 0.433 e. The second kappa shape index (κ2) is 6.76. The first-order chi connectivity index (χ1) is 10.3. The van der Waals surface area contributed by atoms with E-state index in [0.717, 1.165) is 18.7 Å². The lowest BCUT2D eigenvalue weighted by Gasteiger charge is -2.37. The number of hydrogen-bond donors (Lipinski definition) is 3. The van der Waals surface area contributed by atoms with Gasteiger partial charge in [-0.1, -0.05) is 13.3 Å². The fourth-order valence-electron chi connectivity index (χ4n) is 2.30. The number of rotatable bonds is 4. The molecule has 0 radical (unpaired) electrons. The average molecular weight is 321 g/mol. The Morgan fingerprint density at radius 1 is 1.36 bits per heavy atom. The lowest BCUT2D eigenvalue weighted by atomic mass is 9.95. The van der Waals surface area contributed by atoms with E-state index in [1.54, 1.807) is 0 Å². The van der Waals surface area contributed by atoms with Gasteiger partial charge < -0.3 is 20.3 Å². The molecule has 124 valence electrons. The van der Waals surface area contributed by atoms with E-state index in [0.29, 0.717) is 6.42 Å². The quantitative estimate of drug-likeness (QED) is 0.772. The Labute approximate surface area is 125 Å². The van der Waals surface area contributed by atoms with E-state index in [1.807, 2.05) is 6.92 Å². The van der Waals surface area contributed by atoms with Crippen LogP contribution < -0.4 is 5.32 Å². The van der Waals surface area contributed by atoms with Crippen molar-refractivity contribution in [3.63, 3.8) is 0 Å². The van der Waals surface area contributed by atoms with Crippen LogP contribution in [0.25, 0.3) is 0 Å². The SMILES string of the molecule is CCCC1OC[C@H](Nc2nccc(C(F)(F)F)n2)[C@@H](O)[C@H]1O. The maximum absolute atomic E-state index is 12.6. The zero-order chi connectivity index (χ0) is 16.3. The number of aliphatic hydroxyl groups excluding tert-OH is 2. The lowest BCUT2D eigenvalue weighted by Crippen LogP contribution is -2.55. The summed E-state index contributed by atoms with van der Waals surface area (Å²) in [6.45, 7) is 1.96. The second-order valence-electron chi connectivity index (χ2n) is 5.16. The number of alkyl halides is 3. The summed E-state index contributed by atoms with van der Waals surface area (Å²) in [6.07, 6.45) is -5.01. The summed E-state index contributed by atoms with van der Waals surface area (Å²) in [6, 6.07) is -0.0305. The van der Waals surface area contributed by atoms with Crippen LogP contribution in [0.1, 0.15) is 25.5 Å². The van der Waals surface area contributed by atoms with Crippen molar-refractivity contribution >= 4 is 5.95 Å². The number of ether oxygens (including phenoxy) is 1. The van der Waals surface area contributed by atoms with Gasteiger partial charge in [0.2, 0.25) is 5.95 Å². The fraction of sp³-hybridized carbons (Fsp3) is 0.692. The smallest absolute Gasteiger partial charge is 0.388 e. The first kappa shape index (κ1) is 16.9. The van der Waals surface area contributed by atoms with Gasteiger partial charge in [0.15, 0.2) is 0 Å². The molecule has 4 atom stereocenters. The number of nitrogens with zero attached hydrogens (tertiary/aromatic N) is 2. The Morgan fingerprint density at radius 2 is 2.09 bits per heavy atom. The molecule has 0 aliphatic carbocycles. The van der Waals surface area contributed by atoms with Crippen LogP contribution in [0.5, 0.6) is 0 Å². The molecule has 0 aromatic carbocycles. The zero-order valence-corrected chi connectivity index (χ0v) is 11.9. The molecule has 1 aliphatic rings. The third-order valence-corrected chi connectivity index (χ3v) is 3.47. The fourth-order valence-corrected chi connectivity index (χ4v) is 2.30. The summed E-state index contributed by atoms with van der Waals surface area (Å²) in [5.74, 6) is -0.274. The molecule has 22 heavy (non-hydrogen) atoms. The van der Waals surface area contributed by atoms with Gasteiger partial charge in [0.05, 0.1) is 18.8 Å². The molecule has 2 rings (SSSR count). The predicted molar refractivity (Wildman–Crippen MR) is 71.1 cm³/mol. The number of hydrogen-bond acceptors (Lipinski definition) is 6. The minimum absolute atomic E-state index is 0.0441. The lowest BCUT2D eigenvalue weighted by molar-refractivity contribution is -0.143. The highest BCUT2D eigenvalue weighted by Gasteiger charge is 2.38. The normalized spacial score (nSPS) is 29.4. The molecule has 0 amide bonds. The van der Waals surface area contributed by atoms with Gasteiger partial charge in [0.25, 0.3) is 0 Å². The topological polar surface area (TPSA) is 87.5 Å². The van der Waals surface area contributed by atoms with Crippen LogP contribution in [0.3, 0.4) is 0 Å². The average Bonchev–Trinajstić information content (AvgIpc) is 2.46. The van der Waals surface area contributed by atoms with Crippen LogP contribution >= 0.6 is 0 Å². The van der Waals surface area contributed by atoms with Gasteiger partial charge in [0, 0.05) is 6.20 Å². The Morgan fingerprint density at radius 3 is 2.73 bits per heavy atom. The number of nitrogens with one attached hydrogen (secondary N) is 1. The summed E-state index contributed by atoms with van der Waals surface area (Å²) >= 11 is 0. The maximum Gasteiger partial charge on any atom is 0.433 e. The molecule has 0 bridgehead atoms. The van der Waals surface area contributed by atoms with Gasteiger partial charge in [-0.3, -0.25) is 0 Å². The van der Waals surface area contributed by atoms with Gasteiger partial charge in [-0.25, -0.2) is 9.97 Å². The Balaban J connectivity index is 2.05. The molecule has 3 N–H and O–H groups in total. The highest BCUT2D eigenvalue weighted by atomic mass is 19.4. The number of anilines is 1. The van der Waals surface area contributed by atoms with Crippen molar-refractivity contribution in [3.8, 4) is 0 Å². The molecule has 2 heterocycles.